The Morgan fingerprint density at radius 1 is 1.27 bits per heavy atom. The van der Waals surface area contributed by atoms with Gasteiger partial charge in [-0.1, -0.05) is 26.2 Å². The second-order valence-corrected chi connectivity index (χ2v) is 4.43. The van der Waals surface area contributed by atoms with Crippen LogP contribution in [-0.2, 0) is 14.3 Å². The topological polar surface area (TPSA) is 43.4 Å². The number of rotatable bonds is 4. The van der Waals surface area contributed by atoms with Crippen LogP contribution in [0.2, 0.25) is 0 Å². The molecule has 1 rings (SSSR count). The summed E-state index contributed by atoms with van der Waals surface area (Å²) in [6.07, 6.45) is 5.92. The van der Waals surface area contributed by atoms with Crippen LogP contribution in [0.3, 0.4) is 0 Å². The number of ether oxygens (including phenoxy) is 1. The van der Waals surface area contributed by atoms with Gasteiger partial charge in [0.05, 0.1) is 13.0 Å². The molecule has 3 nitrogen and oxygen atoms in total. The fourth-order valence-corrected chi connectivity index (χ4v) is 2.18. The molecule has 1 fully saturated rings. The predicted octanol–water partition coefficient (Wildman–Crippen LogP) is 2.33. The van der Waals surface area contributed by atoms with E-state index in [0.29, 0.717) is 6.42 Å². The van der Waals surface area contributed by atoms with E-state index in [1.165, 1.54) is 13.5 Å². The van der Waals surface area contributed by atoms with Crippen molar-refractivity contribution < 1.29 is 14.3 Å². The molecule has 1 aliphatic rings. The number of carbonyl (C=O) groups excluding carboxylic acids is 2. The van der Waals surface area contributed by atoms with Crippen LogP contribution in [0.15, 0.2) is 0 Å². The Kier molecular flexibility index (Phi) is 4.79. The first-order chi connectivity index (χ1) is 7.15. The van der Waals surface area contributed by atoms with E-state index in [1.807, 2.05) is 0 Å². The van der Waals surface area contributed by atoms with Crippen molar-refractivity contribution in [3.05, 3.63) is 0 Å². The van der Waals surface area contributed by atoms with E-state index in [1.54, 1.807) is 6.92 Å². The highest BCUT2D eigenvalue weighted by Crippen LogP contribution is 2.26. The van der Waals surface area contributed by atoms with Crippen LogP contribution >= 0.6 is 0 Å². The lowest BCUT2D eigenvalue weighted by Crippen LogP contribution is -2.23. The SMILES string of the molecule is COC(=O)C(C)CC(=O)C1CCCCC1. The normalized spacial score (nSPS) is 19.6. The van der Waals surface area contributed by atoms with Gasteiger partial charge in [0.25, 0.3) is 0 Å². The molecule has 0 aromatic heterocycles. The lowest BCUT2D eigenvalue weighted by Gasteiger charge is -2.21. The van der Waals surface area contributed by atoms with Gasteiger partial charge in [0.1, 0.15) is 5.78 Å². The van der Waals surface area contributed by atoms with Gasteiger partial charge < -0.3 is 4.74 Å². The van der Waals surface area contributed by atoms with Gasteiger partial charge in [-0.2, -0.15) is 0 Å². The zero-order valence-electron chi connectivity index (χ0n) is 9.62. The van der Waals surface area contributed by atoms with E-state index in [4.69, 9.17) is 0 Å². The zero-order valence-corrected chi connectivity index (χ0v) is 9.62. The molecule has 1 saturated carbocycles. The van der Waals surface area contributed by atoms with E-state index in [0.717, 1.165) is 25.7 Å². The van der Waals surface area contributed by atoms with Crippen molar-refractivity contribution in [2.45, 2.75) is 45.4 Å². The quantitative estimate of drug-likeness (QED) is 0.672. The van der Waals surface area contributed by atoms with Crippen LogP contribution in [0.5, 0.6) is 0 Å². The molecule has 0 saturated heterocycles. The molecule has 0 radical (unpaired) electrons. The van der Waals surface area contributed by atoms with Gasteiger partial charge in [0.2, 0.25) is 0 Å². The minimum atomic E-state index is -0.288. The van der Waals surface area contributed by atoms with Gasteiger partial charge in [-0.3, -0.25) is 9.59 Å². The molecule has 0 spiro atoms. The third kappa shape index (κ3) is 3.65. The third-order valence-electron chi connectivity index (χ3n) is 3.17. The molecule has 1 atom stereocenters. The maximum Gasteiger partial charge on any atom is 0.308 e. The lowest BCUT2D eigenvalue weighted by molar-refractivity contribution is -0.147. The van der Waals surface area contributed by atoms with Crippen molar-refractivity contribution in [1.29, 1.82) is 0 Å². The standard InChI is InChI=1S/C12H20O3/c1-9(12(14)15-2)8-11(13)10-6-4-3-5-7-10/h9-10H,3-8H2,1-2H3. The summed E-state index contributed by atoms with van der Waals surface area (Å²) >= 11 is 0. The van der Waals surface area contributed by atoms with Crippen LogP contribution in [0.1, 0.15) is 45.4 Å². The summed E-state index contributed by atoms with van der Waals surface area (Å²) in [5.41, 5.74) is 0. The molecule has 0 amide bonds. The Hall–Kier alpha value is -0.860. The molecule has 1 unspecified atom stereocenters. The Bertz CT molecular complexity index is 229. The second-order valence-electron chi connectivity index (χ2n) is 4.43. The smallest absolute Gasteiger partial charge is 0.308 e. The molecule has 0 aromatic carbocycles. The summed E-state index contributed by atoms with van der Waals surface area (Å²) in [5, 5.41) is 0. The largest absolute Gasteiger partial charge is 0.469 e. The number of carbonyl (C=O) groups is 2. The number of methoxy groups -OCH3 is 1. The summed E-state index contributed by atoms with van der Waals surface area (Å²) in [6, 6.07) is 0. The minimum absolute atomic E-state index is 0.200. The van der Waals surface area contributed by atoms with E-state index >= 15 is 0 Å². The lowest BCUT2D eigenvalue weighted by atomic mass is 9.83. The zero-order chi connectivity index (χ0) is 11.3. The van der Waals surface area contributed by atoms with Crippen LogP contribution < -0.4 is 0 Å². The number of hydrogen-bond donors (Lipinski definition) is 0. The Morgan fingerprint density at radius 3 is 2.40 bits per heavy atom. The van der Waals surface area contributed by atoms with E-state index in [-0.39, 0.29) is 23.6 Å². The van der Waals surface area contributed by atoms with Crippen LogP contribution in [-0.4, -0.2) is 18.9 Å². The van der Waals surface area contributed by atoms with Crippen molar-refractivity contribution in [3.8, 4) is 0 Å². The van der Waals surface area contributed by atoms with Crippen molar-refractivity contribution in [2.75, 3.05) is 7.11 Å². The average molecular weight is 212 g/mol. The molecule has 0 aliphatic heterocycles. The summed E-state index contributed by atoms with van der Waals surface area (Å²) < 4.78 is 4.61. The third-order valence-corrected chi connectivity index (χ3v) is 3.17. The van der Waals surface area contributed by atoms with E-state index in [9.17, 15) is 9.59 Å². The number of esters is 1. The van der Waals surface area contributed by atoms with Gasteiger partial charge in [-0.25, -0.2) is 0 Å². The van der Waals surface area contributed by atoms with Gasteiger partial charge in [-0.15, -0.1) is 0 Å². The summed E-state index contributed by atoms with van der Waals surface area (Å²) in [5.74, 6) is -0.123. The molecule has 1 aliphatic carbocycles. The maximum absolute atomic E-state index is 11.8. The molecule has 0 N–H and O–H groups in total. The van der Waals surface area contributed by atoms with Gasteiger partial charge in [0, 0.05) is 12.3 Å². The molecular weight excluding hydrogens is 192 g/mol. The summed E-state index contributed by atoms with van der Waals surface area (Å²) in [4.78, 5) is 23.0. The van der Waals surface area contributed by atoms with Gasteiger partial charge in [-0.05, 0) is 12.8 Å². The van der Waals surface area contributed by atoms with E-state index in [2.05, 4.69) is 4.74 Å². The first-order valence-corrected chi connectivity index (χ1v) is 5.75. The van der Waals surface area contributed by atoms with Crippen molar-refractivity contribution in [3.63, 3.8) is 0 Å². The fourth-order valence-electron chi connectivity index (χ4n) is 2.18. The first kappa shape index (κ1) is 12.2. The highest BCUT2D eigenvalue weighted by Gasteiger charge is 2.25. The Morgan fingerprint density at radius 2 is 1.87 bits per heavy atom. The van der Waals surface area contributed by atoms with Crippen molar-refractivity contribution in [2.24, 2.45) is 11.8 Å². The molecular formula is C12H20O3. The van der Waals surface area contributed by atoms with Crippen molar-refractivity contribution >= 4 is 11.8 Å². The summed E-state index contributed by atoms with van der Waals surface area (Å²) in [6.45, 7) is 1.76. The van der Waals surface area contributed by atoms with Crippen LogP contribution in [0, 0.1) is 11.8 Å². The number of hydrogen-bond acceptors (Lipinski definition) is 3. The Balaban J connectivity index is 2.36. The number of Topliss-reactive ketones (excluding diaryl/α,β-unsaturated/α-hetero) is 1. The summed E-state index contributed by atoms with van der Waals surface area (Å²) in [7, 11) is 1.36. The first-order valence-electron chi connectivity index (χ1n) is 5.75. The molecule has 0 bridgehead atoms. The highest BCUT2D eigenvalue weighted by atomic mass is 16.5. The molecule has 0 aromatic rings. The fraction of sp³-hybridized carbons (Fsp3) is 0.833. The van der Waals surface area contributed by atoms with Crippen molar-refractivity contribution in [1.82, 2.24) is 0 Å². The highest BCUT2D eigenvalue weighted by molar-refractivity contribution is 5.85. The maximum atomic E-state index is 11.8. The van der Waals surface area contributed by atoms with E-state index < -0.39 is 0 Å². The van der Waals surface area contributed by atoms with Crippen LogP contribution in [0.4, 0.5) is 0 Å². The molecule has 15 heavy (non-hydrogen) atoms. The molecule has 3 heteroatoms. The van der Waals surface area contributed by atoms with Gasteiger partial charge in [0.15, 0.2) is 0 Å². The number of ketones is 1. The monoisotopic (exact) mass is 212 g/mol. The van der Waals surface area contributed by atoms with Crippen LogP contribution in [0.25, 0.3) is 0 Å². The molecule has 0 heterocycles. The second kappa shape index (κ2) is 5.89. The molecule has 86 valence electrons. The minimum Gasteiger partial charge on any atom is -0.469 e. The Labute approximate surface area is 91.2 Å². The van der Waals surface area contributed by atoms with Gasteiger partial charge >= 0.3 is 5.97 Å². The predicted molar refractivity (Wildman–Crippen MR) is 57.4 cm³/mol. The average Bonchev–Trinajstić information content (AvgIpc) is 2.29.